The third-order valence-corrected chi connectivity index (χ3v) is 3.07. The van der Waals surface area contributed by atoms with Gasteiger partial charge in [0.25, 0.3) is 0 Å². The summed E-state index contributed by atoms with van der Waals surface area (Å²) in [5.74, 6) is -3.58. The molecule has 0 unspecified atom stereocenters. The third kappa shape index (κ3) is 4.85. The Hall–Kier alpha value is -2.42. The lowest BCUT2D eigenvalue weighted by molar-refractivity contribution is -0.148. The second-order valence-corrected chi connectivity index (χ2v) is 4.53. The molecular formula is C16H18FNO4. The molecule has 118 valence electrons. The Balaban J connectivity index is 3.09. The molecule has 1 aromatic carbocycles. The molecule has 0 aliphatic carbocycles. The molecule has 1 aromatic rings. The Morgan fingerprint density at radius 2 is 1.77 bits per heavy atom. The lowest BCUT2D eigenvalue weighted by Crippen LogP contribution is -2.26. The van der Waals surface area contributed by atoms with E-state index in [0.29, 0.717) is 5.56 Å². The summed E-state index contributed by atoms with van der Waals surface area (Å²) in [7, 11) is 0. The molecule has 0 radical (unpaired) electrons. The Morgan fingerprint density at radius 1 is 1.18 bits per heavy atom. The average Bonchev–Trinajstić information content (AvgIpc) is 2.48. The minimum absolute atomic E-state index is 0.132. The van der Waals surface area contributed by atoms with Crippen LogP contribution in [0.15, 0.2) is 24.3 Å². The van der Waals surface area contributed by atoms with Crippen molar-refractivity contribution in [2.75, 3.05) is 13.2 Å². The predicted molar refractivity (Wildman–Crippen MR) is 76.1 cm³/mol. The highest BCUT2D eigenvalue weighted by Crippen LogP contribution is 2.30. The van der Waals surface area contributed by atoms with E-state index in [4.69, 9.17) is 9.47 Å². The number of ether oxygens (including phenoxy) is 2. The second-order valence-electron chi connectivity index (χ2n) is 4.53. The van der Waals surface area contributed by atoms with Crippen molar-refractivity contribution < 1.29 is 23.5 Å². The van der Waals surface area contributed by atoms with Crippen molar-refractivity contribution in [3.8, 4) is 6.07 Å². The first-order valence-electron chi connectivity index (χ1n) is 7.00. The first-order chi connectivity index (χ1) is 10.5. The molecule has 0 amide bonds. The van der Waals surface area contributed by atoms with E-state index in [1.54, 1.807) is 13.8 Å². The van der Waals surface area contributed by atoms with Crippen LogP contribution in [0.3, 0.4) is 0 Å². The Kier molecular flexibility index (Phi) is 7.03. The van der Waals surface area contributed by atoms with Crippen molar-refractivity contribution in [1.29, 1.82) is 5.26 Å². The van der Waals surface area contributed by atoms with Crippen molar-refractivity contribution in [2.45, 2.75) is 26.2 Å². The molecule has 0 aliphatic heterocycles. The van der Waals surface area contributed by atoms with E-state index >= 15 is 0 Å². The van der Waals surface area contributed by atoms with Gasteiger partial charge in [0, 0.05) is 5.92 Å². The molecule has 1 rings (SSSR count). The van der Waals surface area contributed by atoms with E-state index in [2.05, 4.69) is 0 Å². The molecule has 0 aliphatic rings. The number of nitrogens with zero attached hydrogens (tertiary/aromatic N) is 1. The lowest BCUT2D eigenvalue weighted by Gasteiger charge is -2.20. The molecule has 0 heterocycles. The van der Waals surface area contributed by atoms with Gasteiger partial charge in [0.05, 0.1) is 25.7 Å². The van der Waals surface area contributed by atoms with Crippen LogP contribution in [0.4, 0.5) is 4.39 Å². The molecule has 6 heteroatoms. The van der Waals surface area contributed by atoms with Gasteiger partial charge in [0.15, 0.2) is 5.92 Å². The van der Waals surface area contributed by atoms with Gasteiger partial charge >= 0.3 is 11.9 Å². The molecule has 0 fully saturated rings. The van der Waals surface area contributed by atoms with Crippen molar-refractivity contribution in [1.82, 2.24) is 0 Å². The van der Waals surface area contributed by atoms with Gasteiger partial charge in [-0.25, -0.2) is 4.39 Å². The Labute approximate surface area is 128 Å². The zero-order chi connectivity index (χ0) is 16.5. The standard InChI is InChI=1S/C16H18FNO4/c1-3-21-15(19)9-13(11-5-7-12(17)8-6-11)14(10-18)16(20)22-4-2/h5-8,13-14H,3-4,9H2,1-2H3/t13-,14+/m1/s1. The van der Waals surface area contributed by atoms with Crippen LogP contribution in [0.1, 0.15) is 31.7 Å². The van der Waals surface area contributed by atoms with Crippen LogP contribution in [0, 0.1) is 23.1 Å². The number of benzene rings is 1. The first kappa shape index (κ1) is 17.6. The molecule has 0 N–H and O–H groups in total. The number of halogens is 1. The molecule has 0 spiro atoms. The molecule has 5 nitrogen and oxygen atoms in total. The van der Waals surface area contributed by atoms with Crippen LogP contribution in [0.5, 0.6) is 0 Å². The highest BCUT2D eigenvalue weighted by atomic mass is 19.1. The molecule has 0 bridgehead atoms. The quantitative estimate of drug-likeness (QED) is 0.724. The normalized spacial score (nSPS) is 12.8. The van der Waals surface area contributed by atoms with Gasteiger partial charge in [-0.2, -0.15) is 5.26 Å². The third-order valence-electron chi connectivity index (χ3n) is 3.07. The summed E-state index contributed by atoms with van der Waals surface area (Å²) in [4.78, 5) is 23.7. The fourth-order valence-corrected chi connectivity index (χ4v) is 2.08. The summed E-state index contributed by atoms with van der Waals surface area (Å²) >= 11 is 0. The Morgan fingerprint density at radius 3 is 2.27 bits per heavy atom. The zero-order valence-corrected chi connectivity index (χ0v) is 12.5. The smallest absolute Gasteiger partial charge is 0.323 e. The summed E-state index contributed by atoms with van der Waals surface area (Å²) in [6, 6.07) is 7.20. The van der Waals surface area contributed by atoms with Crippen molar-refractivity contribution in [3.63, 3.8) is 0 Å². The summed E-state index contributed by atoms with van der Waals surface area (Å²) in [6.07, 6.45) is -0.156. The summed E-state index contributed by atoms with van der Waals surface area (Å²) in [5, 5.41) is 9.28. The largest absolute Gasteiger partial charge is 0.466 e. The number of hydrogen-bond acceptors (Lipinski definition) is 5. The maximum absolute atomic E-state index is 13.0. The summed E-state index contributed by atoms with van der Waals surface area (Å²) < 4.78 is 22.8. The number of hydrogen-bond donors (Lipinski definition) is 0. The van der Waals surface area contributed by atoms with Crippen LogP contribution in [0.25, 0.3) is 0 Å². The number of carbonyl (C=O) groups excluding carboxylic acids is 2. The summed E-state index contributed by atoms with van der Waals surface area (Å²) in [6.45, 7) is 3.63. The summed E-state index contributed by atoms with van der Waals surface area (Å²) in [5.41, 5.74) is 0.508. The Bertz CT molecular complexity index is 550. The van der Waals surface area contributed by atoms with Gasteiger partial charge in [0.2, 0.25) is 0 Å². The van der Waals surface area contributed by atoms with Crippen molar-refractivity contribution in [2.24, 2.45) is 5.92 Å². The fraction of sp³-hybridized carbons (Fsp3) is 0.438. The predicted octanol–water partition coefficient (Wildman–Crippen LogP) is 2.57. The lowest BCUT2D eigenvalue weighted by atomic mass is 9.84. The highest BCUT2D eigenvalue weighted by molar-refractivity contribution is 5.79. The van der Waals surface area contributed by atoms with Gasteiger partial charge in [0.1, 0.15) is 5.82 Å². The number of nitriles is 1. The van der Waals surface area contributed by atoms with E-state index in [1.807, 2.05) is 6.07 Å². The number of rotatable bonds is 7. The molecule has 2 atom stereocenters. The van der Waals surface area contributed by atoms with E-state index in [1.165, 1.54) is 24.3 Å². The van der Waals surface area contributed by atoms with Crippen LogP contribution < -0.4 is 0 Å². The van der Waals surface area contributed by atoms with Gasteiger partial charge in [-0.15, -0.1) is 0 Å². The second kappa shape index (κ2) is 8.78. The SMILES string of the molecule is CCOC(=O)C[C@H](c1ccc(F)cc1)[C@H](C#N)C(=O)OCC. The van der Waals surface area contributed by atoms with Crippen LogP contribution >= 0.6 is 0 Å². The van der Waals surface area contributed by atoms with E-state index in [9.17, 15) is 19.2 Å². The maximum atomic E-state index is 13.0. The number of esters is 2. The molecule has 22 heavy (non-hydrogen) atoms. The molecular weight excluding hydrogens is 289 g/mol. The first-order valence-corrected chi connectivity index (χ1v) is 7.00. The van der Waals surface area contributed by atoms with E-state index < -0.39 is 29.6 Å². The van der Waals surface area contributed by atoms with Gasteiger partial charge in [-0.3, -0.25) is 9.59 Å². The van der Waals surface area contributed by atoms with E-state index in [-0.39, 0.29) is 19.6 Å². The average molecular weight is 307 g/mol. The van der Waals surface area contributed by atoms with Gasteiger partial charge in [-0.05, 0) is 31.5 Å². The minimum atomic E-state index is -1.16. The van der Waals surface area contributed by atoms with Gasteiger partial charge in [-0.1, -0.05) is 12.1 Å². The fourth-order valence-electron chi connectivity index (χ4n) is 2.08. The maximum Gasteiger partial charge on any atom is 0.323 e. The minimum Gasteiger partial charge on any atom is -0.466 e. The molecule has 0 saturated carbocycles. The number of carbonyl (C=O) groups is 2. The zero-order valence-electron chi connectivity index (χ0n) is 12.5. The molecule has 0 saturated heterocycles. The van der Waals surface area contributed by atoms with E-state index in [0.717, 1.165) is 0 Å². The highest BCUT2D eigenvalue weighted by Gasteiger charge is 2.33. The van der Waals surface area contributed by atoms with Crippen molar-refractivity contribution >= 4 is 11.9 Å². The van der Waals surface area contributed by atoms with Gasteiger partial charge < -0.3 is 9.47 Å². The monoisotopic (exact) mass is 307 g/mol. The van der Waals surface area contributed by atoms with Crippen LogP contribution in [0.2, 0.25) is 0 Å². The van der Waals surface area contributed by atoms with Crippen LogP contribution in [-0.4, -0.2) is 25.2 Å². The molecule has 0 aromatic heterocycles. The van der Waals surface area contributed by atoms with Crippen molar-refractivity contribution in [3.05, 3.63) is 35.6 Å². The van der Waals surface area contributed by atoms with Crippen LogP contribution in [-0.2, 0) is 19.1 Å². The topological polar surface area (TPSA) is 76.4 Å².